The van der Waals surface area contributed by atoms with Crippen LogP contribution in [0.25, 0.3) is 5.82 Å². The third-order valence-corrected chi connectivity index (χ3v) is 3.72. The van der Waals surface area contributed by atoms with Crippen molar-refractivity contribution in [2.45, 2.75) is 6.10 Å². The number of benzene rings is 1. The van der Waals surface area contributed by atoms with Crippen molar-refractivity contribution in [2.75, 3.05) is 6.54 Å². The van der Waals surface area contributed by atoms with E-state index < -0.39 is 11.9 Å². The number of halogens is 1. The van der Waals surface area contributed by atoms with Gasteiger partial charge in [0.1, 0.15) is 17.2 Å². The number of aliphatic hydroxyl groups is 1. The van der Waals surface area contributed by atoms with Gasteiger partial charge in [-0.05, 0) is 18.2 Å². The molecule has 0 saturated carbocycles. The van der Waals surface area contributed by atoms with E-state index in [4.69, 9.17) is 0 Å². The highest BCUT2D eigenvalue weighted by atomic mass is 19.1. The second kappa shape index (κ2) is 6.67. The van der Waals surface area contributed by atoms with Crippen molar-refractivity contribution in [3.8, 4) is 5.82 Å². The van der Waals surface area contributed by atoms with Crippen molar-refractivity contribution in [1.29, 1.82) is 0 Å². The average Bonchev–Trinajstić information content (AvgIpc) is 3.21. The maximum absolute atomic E-state index is 13.7. The molecule has 3 rings (SSSR count). The van der Waals surface area contributed by atoms with Gasteiger partial charge in [-0.25, -0.2) is 4.39 Å². The minimum absolute atomic E-state index is 0.0974. The van der Waals surface area contributed by atoms with E-state index in [1.165, 1.54) is 18.3 Å². The minimum atomic E-state index is -1.12. The Balaban J connectivity index is 1.74. The van der Waals surface area contributed by atoms with Crippen LogP contribution in [-0.2, 0) is 7.05 Å². The summed E-state index contributed by atoms with van der Waals surface area (Å²) in [7, 11) is 1.74. The van der Waals surface area contributed by atoms with Crippen LogP contribution in [0.15, 0.2) is 55.0 Å². The minimum Gasteiger partial charge on any atom is -0.386 e. The molecule has 0 fully saturated rings. The summed E-state index contributed by atoms with van der Waals surface area (Å²) in [4.78, 5) is 12.4. The third-order valence-electron chi connectivity index (χ3n) is 3.72. The maximum atomic E-state index is 13.7. The molecule has 0 bridgehead atoms. The molecule has 1 atom stereocenters. The Hall–Kier alpha value is -2.93. The molecule has 0 saturated heterocycles. The molecule has 2 aromatic heterocycles. The van der Waals surface area contributed by atoms with Crippen molar-refractivity contribution in [2.24, 2.45) is 7.05 Å². The lowest BCUT2D eigenvalue weighted by atomic mass is 10.1. The molecule has 1 aromatic carbocycles. The first-order valence-corrected chi connectivity index (χ1v) is 7.44. The Morgan fingerprint density at radius 2 is 2.00 bits per heavy atom. The SMILES string of the molecule is Cn1ncc(C(=O)NCC(O)c2ccccc2F)c1-n1cccc1. The quantitative estimate of drug-likeness (QED) is 0.750. The second-order valence-corrected chi connectivity index (χ2v) is 5.34. The molecule has 1 unspecified atom stereocenters. The zero-order valence-corrected chi connectivity index (χ0v) is 13.1. The Labute approximate surface area is 138 Å². The summed E-state index contributed by atoms with van der Waals surface area (Å²) in [5, 5.41) is 16.8. The highest BCUT2D eigenvalue weighted by Gasteiger charge is 2.19. The van der Waals surface area contributed by atoms with Crippen molar-refractivity contribution in [3.63, 3.8) is 0 Å². The number of aliphatic hydroxyl groups excluding tert-OH is 1. The first-order chi connectivity index (χ1) is 11.6. The van der Waals surface area contributed by atoms with Gasteiger partial charge in [-0.15, -0.1) is 0 Å². The van der Waals surface area contributed by atoms with Crippen molar-refractivity contribution in [3.05, 3.63) is 71.9 Å². The van der Waals surface area contributed by atoms with Crippen molar-refractivity contribution in [1.82, 2.24) is 19.7 Å². The maximum Gasteiger partial charge on any atom is 0.256 e. The van der Waals surface area contributed by atoms with E-state index in [2.05, 4.69) is 10.4 Å². The lowest BCUT2D eigenvalue weighted by Gasteiger charge is -2.13. The molecule has 7 heteroatoms. The van der Waals surface area contributed by atoms with E-state index in [-0.39, 0.29) is 18.0 Å². The molecular formula is C17H17FN4O2. The number of nitrogens with zero attached hydrogens (tertiary/aromatic N) is 3. The zero-order valence-electron chi connectivity index (χ0n) is 13.1. The molecule has 3 aromatic rings. The van der Waals surface area contributed by atoms with Crippen LogP contribution in [0.2, 0.25) is 0 Å². The van der Waals surface area contributed by atoms with Gasteiger partial charge in [-0.2, -0.15) is 5.10 Å². The fraction of sp³-hybridized carbons (Fsp3) is 0.176. The Morgan fingerprint density at radius 3 is 2.71 bits per heavy atom. The Morgan fingerprint density at radius 1 is 1.29 bits per heavy atom. The first kappa shape index (κ1) is 15.9. The van der Waals surface area contributed by atoms with E-state index in [0.29, 0.717) is 11.4 Å². The van der Waals surface area contributed by atoms with Crippen LogP contribution in [-0.4, -0.2) is 31.9 Å². The van der Waals surface area contributed by atoms with Crippen LogP contribution in [0.3, 0.4) is 0 Å². The van der Waals surface area contributed by atoms with Gasteiger partial charge in [0.15, 0.2) is 0 Å². The summed E-state index contributed by atoms with van der Waals surface area (Å²) in [6, 6.07) is 9.62. The number of aryl methyl sites for hydroxylation is 1. The average molecular weight is 328 g/mol. The summed E-state index contributed by atoms with van der Waals surface area (Å²) in [5.74, 6) is -0.284. The van der Waals surface area contributed by atoms with Gasteiger partial charge in [-0.3, -0.25) is 9.48 Å². The smallest absolute Gasteiger partial charge is 0.256 e. The van der Waals surface area contributed by atoms with Crippen molar-refractivity contribution < 1.29 is 14.3 Å². The van der Waals surface area contributed by atoms with E-state index >= 15 is 0 Å². The highest BCUT2D eigenvalue weighted by Crippen LogP contribution is 2.17. The monoisotopic (exact) mass is 328 g/mol. The third kappa shape index (κ3) is 3.07. The lowest BCUT2D eigenvalue weighted by molar-refractivity contribution is 0.0914. The van der Waals surface area contributed by atoms with E-state index in [1.54, 1.807) is 28.4 Å². The van der Waals surface area contributed by atoms with Crippen LogP contribution >= 0.6 is 0 Å². The van der Waals surface area contributed by atoms with Crippen LogP contribution in [0.1, 0.15) is 22.0 Å². The molecule has 1 amide bonds. The number of nitrogens with one attached hydrogen (secondary N) is 1. The van der Waals surface area contributed by atoms with Gasteiger partial charge in [0, 0.05) is 31.5 Å². The van der Waals surface area contributed by atoms with E-state index in [1.807, 2.05) is 24.5 Å². The molecule has 0 radical (unpaired) electrons. The first-order valence-electron chi connectivity index (χ1n) is 7.44. The summed E-state index contributed by atoms with van der Waals surface area (Å²) in [5.41, 5.74) is 0.518. The predicted molar refractivity (Wildman–Crippen MR) is 86.2 cm³/mol. The van der Waals surface area contributed by atoms with Gasteiger partial charge in [0.2, 0.25) is 0 Å². The fourth-order valence-corrected chi connectivity index (χ4v) is 2.51. The van der Waals surface area contributed by atoms with Gasteiger partial charge in [-0.1, -0.05) is 18.2 Å². The van der Waals surface area contributed by atoms with Crippen molar-refractivity contribution >= 4 is 5.91 Å². The normalized spacial score (nSPS) is 12.1. The van der Waals surface area contributed by atoms with E-state index in [0.717, 1.165) is 0 Å². The van der Waals surface area contributed by atoms with Crippen LogP contribution in [0, 0.1) is 5.82 Å². The largest absolute Gasteiger partial charge is 0.386 e. The highest BCUT2D eigenvalue weighted by molar-refractivity contribution is 5.97. The summed E-state index contributed by atoms with van der Waals surface area (Å²) < 4.78 is 17.0. The van der Waals surface area contributed by atoms with Gasteiger partial charge < -0.3 is 15.0 Å². The Kier molecular flexibility index (Phi) is 4.43. The molecular weight excluding hydrogens is 311 g/mol. The molecule has 2 N–H and O–H groups in total. The lowest BCUT2D eigenvalue weighted by Crippen LogP contribution is -2.29. The molecule has 124 valence electrons. The molecule has 0 aliphatic heterocycles. The number of carbonyl (C=O) groups is 1. The topological polar surface area (TPSA) is 72.1 Å². The van der Waals surface area contributed by atoms with Gasteiger partial charge in [0.25, 0.3) is 5.91 Å². The standard InChI is InChI=1S/C17H17FN4O2/c1-21-17(22-8-4-5-9-22)13(10-20-21)16(24)19-11-15(23)12-6-2-3-7-14(12)18/h2-10,15,23H,11H2,1H3,(H,19,24). The van der Waals surface area contributed by atoms with Gasteiger partial charge >= 0.3 is 0 Å². The number of amides is 1. The summed E-state index contributed by atoms with van der Waals surface area (Å²) in [6.45, 7) is -0.0974. The van der Waals surface area contributed by atoms with Gasteiger partial charge in [0.05, 0.1) is 12.3 Å². The summed E-state index contributed by atoms with van der Waals surface area (Å²) >= 11 is 0. The molecule has 6 nitrogen and oxygen atoms in total. The molecule has 24 heavy (non-hydrogen) atoms. The van der Waals surface area contributed by atoms with Crippen LogP contribution < -0.4 is 5.32 Å². The molecule has 2 heterocycles. The molecule has 0 aliphatic carbocycles. The number of hydrogen-bond donors (Lipinski definition) is 2. The van der Waals surface area contributed by atoms with Crippen LogP contribution in [0.5, 0.6) is 0 Å². The number of rotatable bonds is 5. The zero-order chi connectivity index (χ0) is 17.1. The number of hydrogen-bond acceptors (Lipinski definition) is 3. The Bertz CT molecular complexity index is 842. The predicted octanol–water partition coefficient (Wildman–Crippen LogP) is 1.81. The van der Waals surface area contributed by atoms with Crippen LogP contribution in [0.4, 0.5) is 4.39 Å². The molecule has 0 spiro atoms. The fourth-order valence-electron chi connectivity index (χ4n) is 2.51. The number of carbonyl (C=O) groups excluding carboxylic acids is 1. The summed E-state index contributed by atoms with van der Waals surface area (Å²) in [6.07, 6.45) is 3.95. The second-order valence-electron chi connectivity index (χ2n) is 5.34. The van der Waals surface area contributed by atoms with E-state index in [9.17, 15) is 14.3 Å². The number of aromatic nitrogens is 3. The molecule has 0 aliphatic rings.